The van der Waals surface area contributed by atoms with Crippen molar-refractivity contribution in [3.8, 4) is 5.75 Å². The Bertz CT molecular complexity index is 1180. The Morgan fingerprint density at radius 1 is 1.20 bits per heavy atom. The molecule has 0 fully saturated rings. The van der Waals surface area contributed by atoms with E-state index in [1.807, 2.05) is 25.3 Å². The molecule has 35 heavy (non-hydrogen) atoms. The average molecular weight is 515 g/mol. The highest BCUT2D eigenvalue weighted by molar-refractivity contribution is 7.10. The Morgan fingerprint density at radius 3 is 2.69 bits per heavy atom. The van der Waals surface area contributed by atoms with Crippen LogP contribution in [0.3, 0.4) is 0 Å². The second kappa shape index (κ2) is 11.2. The lowest BCUT2D eigenvalue weighted by Crippen LogP contribution is -2.48. The normalized spacial score (nSPS) is 15.1. The largest absolute Gasteiger partial charge is 0.491 e. The molecule has 2 heterocycles. The second-order valence-corrected chi connectivity index (χ2v) is 10.4. The van der Waals surface area contributed by atoms with Crippen LogP contribution in [0.2, 0.25) is 5.02 Å². The summed E-state index contributed by atoms with van der Waals surface area (Å²) < 4.78 is 19.2. The number of hydrogen-bond donors (Lipinski definition) is 0. The molecule has 1 aliphatic heterocycles. The van der Waals surface area contributed by atoms with Crippen LogP contribution < -0.4 is 4.74 Å². The minimum absolute atomic E-state index is 0.0317. The topological polar surface area (TPSA) is 49.9 Å². The first-order chi connectivity index (χ1) is 16.8. The van der Waals surface area contributed by atoms with Gasteiger partial charge in [0, 0.05) is 28.6 Å². The van der Waals surface area contributed by atoms with Crippen molar-refractivity contribution in [2.75, 3.05) is 26.2 Å². The lowest BCUT2D eigenvalue weighted by atomic mass is 10.00. The first-order valence-electron chi connectivity index (χ1n) is 11.6. The summed E-state index contributed by atoms with van der Waals surface area (Å²) >= 11 is 7.77. The lowest BCUT2D eigenvalue weighted by molar-refractivity contribution is -0.135. The quantitative estimate of drug-likeness (QED) is 0.379. The lowest BCUT2D eigenvalue weighted by Gasteiger charge is -2.37. The van der Waals surface area contributed by atoms with E-state index in [4.69, 9.17) is 16.3 Å². The molecule has 0 radical (unpaired) electrons. The molecular formula is C27H28ClFN2O3S. The van der Waals surface area contributed by atoms with Crippen LogP contribution in [0.5, 0.6) is 5.75 Å². The summed E-state index contributed by atoms with van der Waals surface area (Å²) in [6.45, 7) is 5.24. The van der Waals surface area contributed by atoms with Gasteiger partial charge in [-0.25, -0.2) is 4.39 Å². The van der Waals surface area contributed by atoms with Crippen molar-refractivity contribution in [2.45, 2.75) is 26.3 Å². The first-order valence-corrected chi connectivity index (χ1v) is 12.9. The molecule has 5 nitrogen and oxygen atoms in total. The molecule has 0 N–H and O–H groups in total. The van der Waals surface area contributed by atoms with Gasteiger partial charge in [-0.15, -0.1) is 11.3 Å². The Kier molecular flexibility index (Phi) is 8.08. The number of benzene rings is 2. The third-order valence-electron chi connectivity index (χ3n) is 5.91. The summed E-state index contributed by atoms with van der Waals surface area (Å²) in [5.41, 5.74) is 1.52. The molecule has 1 aromatic heterocycles. The number of hydrogen-bond acceptors (Lipinski definition) is 4. The van der Waals surface area contributed by atoms with Crippen LogP contribution >= 0.6 is 22.9 Å². The van der Waals surface area contributed by atoms with Crippen LogP contribution in [-0.2, 0) is 11.2 Å². The van der Waals surface area contributed by atoms with Crippen molar-refractivity contribution in [3.63, 3.8) is 0 Å². The van der Waals surface area contributed by atoms with E-state index >= 15 is 0 Å². The number of halogens is 2. The molecule has 0 spiro atoms. The average Bonchev–Trinajstić information content (AvgIpc) is 3.31. The van der Waals surface area contributed by atoms with Crippen LogP contribution in [0.4, 0.5) is 4.39 Å². The molecule has 0 saturated heterocycles. The highest BCUT2D eigenvalue weighted by atomic mass is 35.5. The van der Waals surface area contributed by atoms with Crippen LogP contribution in [-0.4, -0.2) is 47.9 Å². The van der Waals surface area contributed by atoms with Crippen LogP contribution in [0.15, 0.2) is 60.0 Å². The number of amides is 2. The molecular weight excluding hydrogens is 487 g/mol. The van der Waals surface area contributed by atoms with Gasteiger partial charge in [-0.2, -0.15) is 0 Å². The fraction of sp³-hybridized carbons (Fsp3) is 0.333. The molecule has 3 aromatic rings. The zero-order chi connectivity index (χ0) is 24.9. The minimum atomic E-state index is -0.332. The predicted octanol–water partition coefficient (Wildman–Crippen LogP) is 5.84. The first kappa shape index (κ1) is 25.2. The van der Waals surface area contributed by atoms with Gasteiger partial charge in [0.05, 0.1) is 6.04 Å². The van der Waals surface area contributed by atoms with Gasteiger partial charge in [0.25, 0.3) is 5.91 Å². The number of fused-ring (bicyclic) bond motifs is 1. The third-order valence-corrected chi connectivity index (χ3v) is 7.14. The zero-order valence-electron chi connectivity index (χ0n) is 19.7. The van der Waals surface area contributed by atoms with E-state index in [2.05, 4.69) is 0 Å². The van der Waals surface area contributed by atoms with Gasteiger partial charge in [0.2, 0.25) is 5.91 Å². The summed E-state index contributed by atoms with van der Waals surface area (Å²) in [6.07, 6.45) is 0.762. The van der Waals surface area contributed by atoms with E-state index in [-0.39, 0.29) is 42.7 Å². The molecule has 0 unspecified atom stereocenters. The third kappa shape index (κ3) is 6.21. The number of rotatable bonds is 8. The van der Waals surface area contributed by atoms with E-state index < -0.39 is 0 Å². The molecule has 0 bridgehead atoms. The summed E-state index contributed by atoms with van der Waals surface area (Å²) in [5.74, 6) is 0.0427. The number of carbonyl (C=O) groups excluding carboxylic acids is 2. The number of nitrogens with zero attached hydrogens (tertiary/aromatic N) is 2. The Morgan fingerprint density at radius 2 is 1.97 bits per heavy atom. The maximum atomic E-state index is 13.6. The van der Waals surface area contributed by atoms with Crippen LogP contribution in [0.1, 0.15) is 40.7 Å². The van der Waals surface area contributed by atoms with Gasteiger partial charge in [0.15, 0.2) is 0 Å². The summed E-state index contributed by atoms with van der Waals surface area (Å²) in [5, 5.41) is 2.50. The maximum absolute atomic E-state index is 13.6. The Balaban J connectivity index is 1.53. The SMILES string of the molecule is CC(C)CN(CC(=O)N1CCc2sccc2[C@@H]1COc1ccc(F)cc1)C(=O)c1cccc(Cl)c1. The van der Waals surface area contributed by atoms with E-state index in [0.29, 0.717) is 29.4 Å². The van der Waals surface area contributed by atoms with E-state index in [1.54, 1.807) is 57.5 Å². The maximum Gasteiger partial charge on any atom is 0.254 e. The smallest absolute Gasteiger partial charge is 0.254 e. The second-order valence-electron chi connectivity index (χ2n) is 9.01. The van der Waals surface area contributed by atoms with Crippen molar-refractivity contribution in [1.82, 2.24) is 9.80 Å². The van der Waals surface area contributed by atoms with E-state index in [0.717, 1.165) is 12.0 Å². The molecule has 1 aliphatic rings. The molecule has 0 aliphatic carbocycles. The molecule has 184 valence electrons. The van der Waals surface area contributed by atoms with Crippen molar-refractivity contribution in [2.24, 2.45) is 5.92 Å². The van der Waals surface area contributed by atoms with E-state index in [1.165, 1.54) is 17.0 Å². The summed E-state index contributed by atoms with van der Waals surface area (Å²) in [7, 11) is 0. The number of thiophene rings is 1. The zero-order valence-corrected chi connectivity index (χ0v) is 21.3. The van der Waals surface area contributed by atoms with E-state index in [9.17, 15) is 14.0 Å². The molecule has 0 saturated carbocycles. The summed E-state index contributed by atoms with van der Waals surface area (Å²) in [4.78, 5) is 31.5. The Labute approximate surface area is 214 Å². The number of carbonyl (C=O) groups is 2. The van der Waals surface area contributed by atoms with Crippen molar-refractivity contribution in [1.29, 1.82) is 0 Å². The Hall–Kier alpha value is -2.90. The van der Waals surface area contributed by atoms with Gasteiger partial charge in [-0.1, -0.05) is 31.5 Å². The minimum Gasteiger partial charge on any atom is -0.491 e. The van der Waals surface area contributed by atoms with Gasteiger partial charge >= 0.3 is 0 Å². The van der Waals surface area contributed by atoms with Gasteiger partial charge < -0.3 is 14.5 Å². The molecule has 2 aromatic carbocycles. The van der Waals surface area contributed by atoms with Gasteiger partial charge in [-0.3, -0.25) is 9.59 Å². The molecule has 4 rings (SSSR count). The molecule has 2 amide bonds. The number of ether oxygens (including phenoxy) is 1. The highest BCUT2D eigenvalue weighted by Gasteiger charge is 2.33. The van der Waals surface area contributed by atoms with Gasteiger partial charge in [0.1, 0.15) is 24.7 Å². The fourth-order valence-corrected chi connectivity index (χ4v) is 5.42. The van der Waals surface area contributed by atoms with Crippen LogP contribution in [0, 0.1) is 11.7 Å². The van der Waals surface area contributed by atoms with Gasteiger partial charge in [-0.05, 0) is 71.8 Å². The fourth-order valence-electron chi connectivity index (χ4n) is 4.30. The standard InChI is InChI=1S/C27H28ClFN2O3S/c1-18(2)15-30(27(33)19-4-3-5-20(28)14-19)16-26(32)31-12-10-25-23(11-13-35-25)24(31)17-34-22-8-6-21(29)7-9-22/h3-9,11,13-14,18,24H,10,12,15-17H2,1-2H3/t24-/m0/s1. The van der Waals surface area contributed by atoms with Crippen molar-refractivity contribution >= 4 is 34.8 Å². The molecule has 1 atom stereocenters. The van der Waals surface area contributed by atoms with Crippen molar-refractivity contribution < 1.29 is 18.7 Å². The highest BCUT2D eigenvalue weighted by Crippen LogP contribution is 2.34. The monoisotopic (exact) mass is 514 g/mol. The summed E-state index contributed by atoms with van der Waals surface area (Å²) in [6, 6.07) is 14.4. The predicted molar refractivity (Wildman–Crippen MR) is 137 cm³/mol. The van der Waals surface area contributed by atoms with Crippen LogP contribution in [0.25, 0.3) is 0 Å². The van der Waals surface area contributed by atoms with Crippen molar-refractivity contribution in [3.05, 3.63) is 86.8 Å². The molecule has 8 heteroatoms.